The molecule has 0 fully saturated rings. The van der Waals surface area contributed by atoms with Gasteiger partial charge in [0, 0.05) is 7.05 Å². The molecular weight excluding hydrogens is 296 g/mol. The van der Waals surface area contributed by atoms with Crippen molar-refractivity contribution in [2.24, 2.45) is 0 Å². The number of hydrogen-bond acceptors (Lipinski definition) is 3. The summed E-state index contributed by atoms with van der Waals surface area (Å²) < 4.78 is 26.4. The molecule has 0 radical (unpaired) electrons. The van der Waals surface area contributed by atoms with Crippen molar-refractivity contribution in [2.45, 2.75) is 11.8 Å². The molecule has 106 valence electrons. The van der Waals surface area contributed by atoms with Crippen molar-refractivity contribution in [1.82, 2.24) is 0 Å². The van der Waals surface area contributed by atoms with Crippen LogP contribution >= 0.6 is 11.6 Å². The zero-order chi connectivity index (χ0) is 14.9. The van der Waals surface area contributed by atoms with Gasteiger partial charge in [-0.3, -0.25) is 4.31 Å². The van der Waals surface area contributed by atoms with Crippen LogP contribution in [0.3, 0.4) is 0 Å². The number of nitrogens with two attached hydrogens (primary N) is 1. The molecule has 0 heterocycles. The molecule has 0 bridgehead atoms. The zero-order valence-corrected chi connectivity index (χ0v) is 12.7. The van der Waals surface area contributed by atoms with E-state index >= 15 is 0 Å². The second kappa shape index (κ2) is 5.34. The standard InChI is InChI=1S/C14H15ClN2O2S/c1-10-8-12(9-13(16)14(10)15)20(18,19)17(2)11-6-4-3-5-7-11/h3-9H,16H2,1-2H3. The summed E-state index contributed by atoms with van der Waals surface area (Å²) in [5, 5.41) is 0.381. The normalized spacial score (nSPS) is 11.3. The summed E-state index contributed by atoms with van der Waals surface area (Å²) in [7, 11) is -2.15. The van der Waals surface area contributed by atoms with Crippen LogP contribution in [0.25, 0.3) is 0 Å². The third kappa shape index (κ3) is 2.59. The molecule has 0 spiro atoms. The van der Waals surface area contributed by atoms with Crippen LogP contribution in [0.1, 0.15) is 5.56 Å². The number of halogens is 1. The van der Waals surface area contributed by atoms with E-state index in [0.717, 1.165) is 0 Å². The van der Waals surface area contributed by atoms with Crippen LogP contribution in [0, 0.1) is 6.92 Å². The van der Waals surface area contributed by atoms with E-state index in [1.165, 1.54) is 23.5 Å². The highest BCUT2D eigenvalue weighted by molar-refractivity contribution is 7.92. The van der Waals surface area contributed by atoms with Crippen molar-refractivity contribution in [3.63, 3.8) is 0 Å². The Bertz CT molecular complexity index is 707. The van der Waals surface area contributed by atoms with E-state index in [1.54, 1.807) is 31.2 Å². The number of nitrogens with zero attached hydrogens (tertiary/aromatic N) is 1. The second-order valence-corrected chi connectivity index (χ2v) is 6.80. The number of hydrogen-bond donors (Lipinski definition) is 1. The predicted octanol–water partition coefficient (Wildman–Crippen LogP) is 3.06. The summed E-state index contributed by atoms with van der Waals surface area (Å²) in [5.74, 6) is 0. The molecule has 0 saturated heterocycles. The Balaban J connectivity index is 2.51. The number of benzene rings is 2. The Kier molecular flexibility index (Phi) is 3.92. The Labute approximate surface area is 123 Å². The Morgan fingerprint density at radius 1 is 1.15 bits per heavy atom. The number of rotatable bonds is 3. The number of para-hydroxylation sites is 1. The first-order valence-electron chi connectivity index (χ1n) is 5.93. The van der Waals surface area contributed by atoms with Crippen LogP contribution in [0.5, 0.6) is 0 Å². The molecule has 6 heteroatoms. The average molecular weight is 311 g/mol. The number of aryl methyl sites for hydroxylation is 1. The van der Waals surface area contributed by atoms with Crippen molar-refractivity contribution in [2.75, 3.05) is 17.1 Å². The quantitative estimate of drug-likeness (QED) is 0.886. The van der Waals surface area contributed by atoms with Gasteiger partial charge in [-0.25, -0.2) is 8.42 Å². The minimum atomic E-state index is -3.66. The minimum absolute atomic E-state index is 0.128. The molecule has 2 rings (SSSR count). The van der Waals surface area contributed by atoms with Crippen LogP contribution in [-0.4, -0.2) is 15.5 Å². The highest BCUT2D eigenvalue weighted by atomic mass is 35.5. The molecule has 0 amide bonds. The van der Waals surface area contributed by atoms with Gasteiger partial charge in [0.1, 0.15) is 0 Å². The Morgan fingerprint density at radius 3 is 2.30 bits per heavy atom. The van der Waals surface area contributed by atoms with E-state index in [4.69, 9.17) is 17.3 Å². The van der Waals surface area contributed by atoms with Gasteiger partial charge in [-0.2, -0.15) is 0 Å². The summed E-state index contributed by atoms with van der Waals surface area (Å²) in [5.41, 5.74) is 7.21. The SMILES string of the molecule is Cc1cc(S(=O)(=O)N(C)c2ccccc2)cc(N)c1Cl. The van der Waals surface area contributed by atoms with E-state index < -0.39 is 10.0 Å². The van der Waals surface area contributed by atoms with Gasteiger partial charge in [0.25, 0.3) is 10.0 Å². The second-order valence-electron chi connectivity index (χ2n) is 4.45. The molecule has 4 nitrogen and oxygen atoms in total. The molecular formula is C14H15ClN2O2S. The van der Waals surface area contributed by atoms with E-state index in [-0.39, 0.29) is 10.6 Å². The Hall–Kier alpha value is -1.72. The van der Waals surface area contributed by atoms with E-state index in [9.17, 15) is 8.42 Å². The number of anilines is 2. The van der Waals surface area contributed by atoms with E-state index in [1.807, 2.05) is 6.07 Å². The molecule has 0 saturated carbocycles. The van der Waals surface area contributed by atoms with Crippen LogP contribution in [0.15, 0.2) is 47.4 Å². The predicted molar refractivity (Wildman–Crippen MR) is 82.6 cm³/mol. The van der Waals surface area contributed by atoms with Gasteiger partial charge in [0.05, 0.1) is 21.3 Å². The summed E-state index contributed by atoms with van der Waals surface area (Å²) in [4.78, 5) is 0.128. The lowest BCUT2D eigenvalue weighted by molar-refractivity contribution is 0.594. The zero-order valence-electron chi connectivity index (χ0n) is 11.2. The lowest BCUT2D eigenvalue weighted by Crippen LogP contribution is -2.26. The average Bonchev–Trinajstić information content (AvgIpc) is 2.44. The van der Waals surface area contributed by atoms with Gasteiger partial charge in [0.15, 0.2) is 0 Å². The minimum Gasteiger partial charge on any atom is -0.397 e. The van der Waals surface area contributed by atoms with Crippen LogP contribution in [0.4, 0.5) is 11.4 Å². The molecule has 0 aliphatic rings. The molecule has 0 atom stereocenters. The van der Waals surface area contributed by atoms with E-state index in [0.29, 0.717) is 16.3 Å². The van der Waals surface area contributed by atoms with Crippen molar-refractivity contribution < 1.29 is 8.42 Å². The first-order chi connectivity index (χ1) is 9.34. The molecule has 0 aromatic heterocycles. The van der Waals surface area contributed by atoms with E-state index in [2.05, 4.69) is 0 Å². The maximum atomic E-state index is 12.6. The first kappa shape index (κ1) is 14.7. The fraction of sp³-hybridized carbons (Fsp3) is 0.143. The number of nitrogen functional groups attached to an aromatic ring is 1. The van der Waals surface area contributed by atoms with Crippen molar-refractivity contribution >= 4 is 33.0 Å². The van der Waals surface area contributed by atoms with Crippen LogP contribution in [-0.2, 0) is 10.0 Å². The fourth-order valence-electron chi connectivity index (χ4n) is 1.85. The summed E-state index contributed by atoms with van der Waals surface area (Å²) in [6.45, 7) is 1.72. The highest BCUT2D eigenvalue weighted by Gasteiger charge is 2.22. The summed E-state index contributed by atoms with van der Waals surface area (Å²) in [6.07, 6.45) is 0. The third-order valence-corrected chi connectivity index (χ3v) is 5.31. The van der Waals surface area contributed by atoms with Crippen LogP contribution in [0.2, 0.25) is 5.02 Å². The largest absolute Gasteiger partial charge is 0.397 e. The van der Waals surface area contributed by atoms with Gasteiger partial charge in [-0.05, 0) is 36.8 Å². The number of sulfonamides is 1. The van der Waals surface area contributed by atoms with Crippen molar-refractivity contribution in [1.29, 1.82) is 0 Å². The molecule has 2 N–H and O–H groups in total. The fourth-order valence-corrected chi connectivity index (χ4v) is 3.27. The molecule has 0 unspecified atom stereocenters. The molecule has 0 aliphatic heterocycles. The maximum absolute atomic E-state index is 12.6. The van der Waals surface area contributed by atoms with Crippen LogP contribution < -0.4 is 10.0 Å². The highest BCUT2D eigenvalue weighted by Crippen LogP contribution is 2.29. The van der Waals surface area contributed by atoms with Gasteiger partial charge < -0.3 is 5.73 Å². The topological polar surface area (TPSA) is 63.4 Å². The monoisotopic (exact) mass is 310 g/mol. The maximum Gasteiger partial charge on any atom is 0.264 e. The van der Waals surface area contributed by atoms with Crippen molar-refractivity contribution in [3.05, 3.63) is 53.1 Å². The molecule has 0 aliphatic carbocycles. The van der Waals surface area contributed by atoms with Crippen molar-refractivity contribution in [3.8, 4) is 0 Å². The first-order valence-corrected chi connectivity index (χ1v) is 7.75. The Morgan fingerprint density at radius 2 is 1.75 bits per heavy atom. The summed E-state index contributed by atoms with van der Waals surface area (Å²) >= 11 is 5.96. The molecule has 2 aromatic rings. The molecule has 20 heavy (non-hydrogen) atoms. The lowest BCUT2D eigenvalue weighted by atomic mass is 10.2. The van der Waals surface area contributed by atoms with Gasteiger partial charge in [0.2, 0.25) is 0 Å². The molecule has 2 aromatic carbocycles. The van der Waals surface area contributed by atoms with Gasteiger partial charge in [-0.15, -0.1) is 0 Å². The summed E-state index contributed by atoms with van der Waals surface area (Å²) in [6, 6.07) is 11.7. The van der Waals surface area contributed by atoms with Gasteiger partial charge >= 0.3 is 0 Å². The third-order valence-electron chi connectivity index (χ3n) is 3.03. The lowest BCUT2D eigenvalue weighted by Gasteiger charge is -2.20. The smallest absolute Gasteiger partial charge is 0.264 e. The van der Waals surface area contributed by atoms with Gasteiger partial charge in [-0.1, -0.05) is 29.8 Å².